The van der Waals surface area contributed by atoms with Gasteiger partial charge >= 0.3 is 0 Å². The van der Waals surface area contributed by atoms with Crippen molar-refractivity contribution >= 4 is 28.8 Å². The van der Waals surface area contributed by atoms with Crippen LogP contribution in [0.3, 0.4) is 0 Å². The predicted octanol–water partition coefficient (Wildman–Crippen LogP) is 3.19. The van der Waals surface area contributed by atoms with E-state index < -0.39 is 0 Å². The summed E-state index contributed by atoms with van der Waals surface area (Å²) in [4.78, 5) is 12.3. The number of nitrogens with zero attached hydrogens (tertiary/aromatic N) is 4. The molecule has 1 aromatic carbocycles. The SMILES string of the molecule is Clc1ncnc2c1ncn2C/C=C/c1ccccc1. The summed E-state index contributed by atoms with van der Waals surface area (Å²) in [5.41, 5.74) is 2.55. The molecule has 0 spiro atoms. The minimum Gasteiger partial charge on any atom is -0.311 e. The van der Waals surface area contributed by atoms with Crippen LogP contribution in [0.25, 0.3) is 17.2 Å². The first-order chi connectivity index (χ1) is 9.34. The van der Waals surface area contributed by atoms with E-state index >= 15 is 0 Å². The maximum atomic E-state index is 5.96. The molecule has 0 bridgehead atoms. The van der Waals surface area contributed by atoms with Gasteiger partial charge in [-0.05, 0) is 5.56 Å². The van der Waals surface area contributed by atoms with Crippen molar-refractivity contribution < 1.29 is 0 Å². The molecule has 0 atom stereocenters. The van der Waals surface area contributed by atoms with Crippen LogP contribution in [-0.2, 0) is 6.54 Å². The van der Waals surface area contributed by atoms with Crippen LogP contribution in [0.2, 0.25) is 5.15 Å². The number of benzene rings is 1. The quantitative estimate of drug-likeness (QED) is 0.687. The molecule has 0 saturated carbocycles. The molecule has 0 aliphatic carbocycles. The van der Waals surface area contributed by atoms with E-state index in [4.69, 9.17) is 11.6 Å². The summed E-state index contributed by atoms with van der Waals surface area (Å²) in [6, 6.07) is 10.1. The van der Waals surface area contributed by atoms with Gasteiger partial charge < -0.3 is 4.57 Å². The van der Waals surface area contributed by atoms with Gasteiger partial charge in [-0.3, -0.25) is 0 Å². The lowest BCUT2D eigenvalue weighted by Crippen LogP contribution is -1.95. The van der Waals surface area contributed by atoms with Crippen molar-refractivity contribution in [2.75, 3.05) is 0 Å². The van der Waals surface area contributed by atoms with E-state index in [1.165, 1.54) is 11.9 Å². The van der Waals surface area contributed by atoms with E-state index in [1.54, 1.807) is 6.33 Å². The third kappa shape index (κ3) is 2.48. The van der Waals surface area contributed by atoms with Crippen LogP contribution >= 0.6 is 11.6 Å². The van der Waals surface area contributed by atoms with Gasteiger partial charge in [-0.1, -0.05) is 54.1 Å². The highest BCUT2D eigenvalue weighted by Crippen LogP contribution is 2.16. The van der Waals surface area contributed by atoms with E-state index in [2.05, 4.69) is 39.2 Å². The average molecular weight is 271 g/mol. The first kappa shape index (κ1) is 11.9. The molecule has 2 heterocycles. The Balaban J connectivity index is 1.83. The minimum atomic E-state index is 0.385. The number of rotatable bonds is 3. The Bertz CT molecular complexity index is 719. The molecule has 0 fully saturated rings. The Kier molecular flexibility index (Phi) is 3.25. The summed E-state index contributed by atoms with van der Waals surface area (Å²) in [5, 5.41) is 0.385. The molecule has 0 N–H and O–H groups in total. The van der Waals surface area contributed by atoms with Gasteiger partial charge in [0, 0.05) is 6.54 Å². The highest BCUT2D eigenvalue weighted by molar-refractivity contribution is 6.33. The molecule has 94 valence electrons. The van der Waals surface area contributed by atoms with E-state index in [-0.39, 0.29) is 0 Å². The first-order valence-corrected chi connectivity index (χ1v) is 6.25. The second-order valence-electron chi connectivity index (χ2n) is 4.05. The molecule has 3 aromatic rings. The molecule has 0 radical (unpaired) electrons. The summed E-state index contributed by atoms with van der Waals surface area (Å²) >= 11 is 5.96. The summed E-state index contributed by atoms with van der Waals surface area (Å²) in [6.07, 6.45) is 7.30. The number of hydrogen-bond donors (Lipinski definition) is 0. The first-order valence-electron chi connectivity index (χ1n) is 5.87. The molecule has 3 rings (SSSR count). The molecule has 0 aliphatic rings. The summed E-state index contributed by atoms with van der Waals surface area (Å²) in [5.74, 6) is 0. The lowest BCUT2D eigenvalue weighted by atomic mass is 10.2. The van der Waals surface area contributed by atoms with Gasteiger partial charge in [0.1, 0.15) is 11.8 Å². The number of hydrogen-bond acceptors (Lipinski definition) is 3. The van der Waals surface area contributed by atoms with Gasteiger partial charge in [0.05, 0.1) is 6.33 Å². The number of halogens is 1. The van der Waals surface area contributed by atoms with Crippen molar-refractivity contribution in [3.05, 3.63) is 59.8 Å². The van der Waals surface area contributed by atoms with Crippen LogP contribution in [-0.4, -0.2) is 19.5 Å². The van der Waals surface area contributed by atoms with Crippen LogP contribution < -0.4 is 0 Å². The van der Waals surface area contributed by atoms with Crippen LogP contribution in [0.1, 0.15) is 5.56 Å². The summed E-state index contributed by atoms with van der Waals surface area (Å²) in [7, 11) is 0. The van der Waals surface area contributed by atoms with Crippen molar-refractivity contribution in [3.63, 3.8) is 0 Å². The molecular formula is C14H11ClN4. The molecule has 0 saturated heterocycles. The second-order valence-corrected chi connectivity index (χ2v) is 4.40. The largest absolute Gasteiger partial charge is 0.311 e. The third-order valence-electron chi connectivity index (χ3n) is 2.77. The van der Waals surface area contributed by atoms with Crippen LogP contribution in [0.15, 0.2) is 49.1 Å². The lowest BCUT2D eigenvalue weighted by Gasteiger charge is -1.98. The molecule has 4 nitrogen and oxygen atoms in total. The van der Waals surface area contributed by atoms with Crippen molar-refractivity contribution in [2.45, 2.75) is 6.54 Å². The van der Waals surface area contributed by atoms with E-state index in [1.807, 2.05) is 22.8 Å². The molecule has 0 amide bonds. The number of fused-ring (bicyclic) bond motifs is 1. The van der Waals surface area contributed by atoms with Crippen LogP contribution in [0, 0.1) is 0 Å². The maximum Gasteiger partial charge on any atom is 0.165 e. The highest BCUT2D eigenvalue weighted by atomic mass is 35.5. The Morgan fingerprint density at radius 1 is 1.11 bits per heavy atom. The second kappa shape index (κ2) is 5.20. The number of allylic oxidation sites excluding steroid dienone is 1. The molecule has 0 unspecified atom stereocenters. The van der Waals surface area contributed by atoms with Crippen LogP contribution in [0.4, 0.5) is 0 Å². The van der Waals surface area contributed by atoms with Crippen molar-refractivity contribution in [1.29, 1.82) is 0 Å². The minimum absolute atomic E-state index is 0.385. The average Bonchev–Trinajstić information content (AvgIpc) is 2.85. The topological polar surface area (TPSA) is 43.6 Å². The van der Waals surface area contributed by atoms with E-state index in [0.29, 0.717) is 17.2 Å². The van der Waals surface area contributed by atoms with Gasteiger partial charge in [0.25, 0.3) is 0 Å². The van der Waals surface area contributed by atoms with E-state index in [9.17, 15) is 0 Å². The molecule has 19 heavy (non-hydrogen) atoms. The van der Waals surface area contributed by atoms with Gasteiger partial charge in [-0.25, -0.2) is 15.0 Å². The molecule has 2 aromatic heterocycles. The van der Waals surface area contributed by atoms with Gasteiger partial charge in [0.15, 0.2) is 10.8 Å². The van der Waals surface area contributed by atoms with E-state index in [0.717, 1.165) is 5.65 Å². The molecule has 0 aliphatic heterocycles. The fourth-order valence-electron chi connectivity index (χ4n) is 1.85. The monoisotopic (exact) mass is 270 g/mol. The smallest absolute Gasteiger partial charge is 0.165 e. The standard InChI is InChI=1S/C14H11ClN4/c15-13-12-14(17-9-16-13)19(10-18-12)8-4-7-11-5-2-1-3-6-11/h1-7,9-10H,8H2/b7-4+. The highest BCUT2D eigenvalue weighted by Gasteiger charge is 2.06. The Labute approximate surface area is 115 Å². The van der Waals surface area contributed by atoms with Crippen molar-refractivity contribution in [2.24, 2.45) is 0 Å². The fourth-order valence-corrected chi connectivity index (χ4v) is 2.03. The Morgan fingerprint density at radius 2 is 1.95 bits per heavy atom. The zero-order valence-corrected chi connectivity index (χ0v) is 10.8. The predicted molar refractivity (Wildman–Crippen MR) is 75.8 cm³/mol. The van der Waals surface area contributed by atoms with Crippen molar-refractivity contribution in [1.82, 2.24) is 19.5 Å². The summed E-state index contributed by atoms with van der Waals surface area (Å²) in [6.45, 7) is 0.693. The van der Waals surface area contributed by atoms with Crippen molar-refractivity contribution in [3.8, 4) is 0 Å². The van der Waals surface area contributed by atoms with Gasteiger partial charge in [-0.2, -0.15) is 0 Å². The fraction of sp³-hybridized carbons (Fsp3) is 0.0714. The zero-order valence-electron chi connectivity index (χ0n) is 10.1. The normalized spacial score (nSPS) is 11.4. The Hall–Kier alpha value is -2.20. The molecular weight excluding hydrogens is 260 g/mol. The van der Waals surface area contributed by atoms with Crippen LogP contribution in [0.5, 0.6) is 0 Å². The van der Waals surface area contributed by atoms with Gasteiger partial charge in [-0.15, -0.1) is 0 Å². The molecule has 5 heteroatoms. The Morgan fingerprint density at radius 3 is 2.79 bits per heavy atom. The number of aromatic nitrogens is 4. The maximum absolute atomic E-state index is 5.96. The third-order valence-corrected chi connectivity index (χ3v) is 3.05. The zero-order chi connectivity index (χ0) is 13.1. The lowest BCUT2D eigenvalue weighted by molar-refractivity contribution is 0.839. The van der Waals surface area contributed by atoms with Gasteiger partial charge in [0.2, 0.25) is 0 Å². The summed E-state index contributed by atoms with van der Waals surface area (Å²) < 4.78 is 1.93. The number of imidazole rings is 1.